The number of carbonyl (C=O) groups excluding carboxylic acids is 2. The van der Waals surface area contributed by atoms with Gasteiger partial charge in [0.25, 0.3) is 0 Å². The minimum Gasteiger partial charge on any atom is -0.493 e. The summed E-state index contributed by atoms with van der Waals surface area (Å²) >= 11 is 0. The molecule has 1 aliphatic heterocycles. The van der Waals surface area contributed by atoms with Crippen molar-refractivity contribution in [3.8, 4) is 11.5 Å². The SMILES string of the molecule is Cc1ccc(O[C@@H]2CCCN(C(=O)Cn3cc(NC(=O)CCOc4ccc(F)cc4C)cn3)C2)cc1. The lowest BCUT2D eigenvalue weighted by molar-refractivity contribution is -0.134. The van der Waals surface area contributed by atoms with E-state index >= 15 is 0 Å². The molecule has 1 N–H and O–H groups in total. The van der Waals surface area contributed by atoms with Crippen molar-refractivity contribution in [3.63, 3.8) is 0 Å². The Morgan fingerprint density at radius 1 is 1.17 bits per heavy atom. The number of ether oxygens (including phenoxy) is 2. The number of amides is 2. The van der Waals surface area contributed by atoms with E-state index in [1.165, 1.54) is 28.6 Å². The van der Waals surface area contributed by atoms with Gasteiger partial charge in [-0.05, 0) is 62.6 Å². The van der Waals surface area contributed by atoms with Crippen LogP contribution in [-0.2, 0) is 16.1 Å². The fraction of sp³-hybridized carbons (Fsp3) is 0.370. The van der Waals surface area contributed by atoms with Gasteiger partial charge < -0.3 is 19.7 Å². The van der Waals surface area contributed by atoms with Gasteiger partial charge in [0.2, 0.25) is 11.8 Å². The van der Waals surface area contributed by atoms with Crippen molar-refractivity contribution in [1.29, 1.82) is 0 Å². The molecule has 3 aromatic rings. The average molecular weight is 495 g/mol. The third-order valence-corrected chi connectivity index (χ3v) is 5.99. The maximum Gasteiger partial charge on any atom is 0.244 e. The zero-order chi connectivity index (χ0) is 25.5. The number of hydrogen-bond donors (Lipinski definition) is 1. The second-order valence-corrected chi connectivity index (χ2v) is 9.02. The molecule has 0 saturated carbocycles. The zero-order valence-corrected chi connectivity index (χ0v) is 20.6. The Bertz CT molecular complexity index is 1190. The Balaban J connectivity index is 1.21. The summed E-state index contributed by atoms with van der Waals surface area (Å²) in [5.74, 6) is 0.734. The molecule has 0 aliphatic carbocycles. The molecular formula is C27H31FN4O4. The molecule has 190 valence electrons. The second kappa shape index (κ2) is 11.7. The van der Waals surface area contributed by atoms with Crippen LogP contribution in [0.3, 0.4) is 0 Å². The van der Waals surface area contributed by atoms with Gasteiger partial charge in [-0.15, -0.1) is 0 Å². The largest absolute Gasteiger partial charge is 0.493 e. The van der Waals surface area contributed by atoms with Crippen LogP contribution in [0.25, 0.3) is 0 Å². The minimum atomic E-state index is -0.330. The second-order valence-electron chi connectivity index (χ2n) is 9.02. The Hall–Kier alpha value is -3.88. The van der Waals surface area contributed by atoms with Gasteiger partial charge in [0.1, 0.15) is 30.0 Å². The maximum atomic E-state index is 13.2. The zero-order valence-electron chi connectivity index (χ0n) is 20.6. The van der Waals surface area contributed by atoms with Gasteiger partial charge in [-0.25, -0.2) is 4.39 Å². The summed E-state index contributed by atoms with van der Waals surface area (Å²) in [6, 6.07) is 12.2. The maximum absolute atomic E-state index is 13.2. The predicted molar refractivity (Wildman–Crippen MR) is 134 cm³/mol. The van der Waals surface area contributed by atoms with E-state index in [2.05, 4.69) is 10.4 Å². The molecule has 2 amide bonds. The molecule has 36 heavy (non-hydrogen) atoms. The standard InChI is InChI=1S/C27H31FN4O4/c1-19-5-8-23(9-6-19)36-24-4-3-12-31(17-24)27(34)18-32-16-22(15-29-32)30-26(33)11-13-35-25-10-7-21(28)14-20(25)2/h5-10,14-16,24H,3-4,11-13,17-18H2,1-2H3,(H,30,33)/t24-/m1/s1. The number of nitrogens with zero attached hydrogens (tertiary/aromatic N) is 3. The first-order valence-corrected chi connectivity index (χ1v) is 12.1. The molecule has 0 unspecified atom stereocenters. The first-order chi connectivity index (χ1) is 17.4. The fourth-order valence-corrected chi connectivity index (χ4v) is 4.08. The molecule has 1 atom stereocenters. The Labute approximate surface area is 210 Å². The fourth-order valence-electron chi connectivity index (χ4n) is 4.08. The highest BCUT2D eigenvalue weighted by atomic mass is 19.1. The van der Waals surface area contributed by atoms with E-state index in [-0.39, 0.29) is 43.3 Å². The number of piperidine rings is 1. The van der Waals surface area contributed by atoms with Crippen LogP contribution in [0.4, 0.5) is 10.1 Å². The summed E-state index contributed by atoms with van der Waals surface area (Å²) < 4.78 is 26.3. The quantitative estimate of drug-likeness (QED) is 0.484. The van der Waals surface area contributed by atoms with Gasteiger partial charge in [0.15, 0.2) is 0 Å². The summed E-state index contributed by atoms with van der Waals surface area (Å²) in [5.41, 5.74) is 2.35. The van der Waals surface area contributed by atoms with Crippen LogP contribution in [-0.4, -0.2) is 52.3 Å². The molecule has 1 fully saturated rings. The topological polar surface area (TPSA) is 85.7 Å². The third kappa shape index (κ3) is 7.07. The number of aryl methyl sites for hydroxylation is 2. The summed E-state index contributed by atoms with van der Waals surface area (Å²) in [6.45, 7) is 5.24. The highest BCUT2D eigenvalue weighted by Crippen LogP contribution is 2.20. The van der Waals surface area contributed by atoms with Crippen molar-refractivity contribution < 1.29 is 23.5 Å². The molecular weight excluding hydrogens is 463 g/mol. The first-order valence-electron chi connectivity index (χ1n) is 12.1. The molecule has 0 bridgehead atoms. The molecule has 0 spiro atoms. The molecule has 2 heterocycles. The van der Waals surface area contributed by atoms with Crippen LogP contribution in [0, 0.1) is 19.7 Å². The first kappa shape index (κ1) is 25.2. The van der Waals surface area contributed by atoms with Crippen LogP contribution in [0.15, 0.2) is 54.9 Å². The molecule has 0 radical (unpaired) electrons. The number of benzene rings is 2. The van der Waals surface area contributed by atoms with E-state index in [0.29, 0.717) is 30.1 Å². The van der Waals surface area contributed by atoms with Gasteiger partial charge in [-0.3, -0.25) is 14.3 Å². The average Bonchev–Trinajstić information content (AvgIpc) is 3.28. The number of hydrogen-bond acceptors (Lipinski definition) is 5. The highest BCUT2D eigenvalue weighted by Gasteiger charge is 2.25. The van der Waals surface area contributed by atoms with Gasteiger partial charge in [-0.1, -0.05) is 17.7 Å². The van der Waals surface area contributed by atoms with Gasteiger partial charge in [0, 0.05) is 12.7 Å². The lowest BCUT2D eigenvalue weighted by Gasteiger charge is -2.33. The van der Waals surface area contributed by atoms with Gasteiger partial charge in [0.05, 0.1) is 31.5 Å². The third-order valence-electron chi connectivity index (χ3n) is 5.99. The van der Waals surface area contributed by atoms with E-state index in [1.807, 2.05) is 31.2 Å². The van der Waals surface area contributed by atoms with Crippen molar-refractivity contribution in [2.75, 3.05) is 25.0 Å². The van der Waals surface area contributed by atoms with E-state index in [9.17, 15) is 14.0 Å². The number of rotatable bonds is 9. The normalized spacial score (nSPS) is 15.4. The molecule has 9 heteroatoms. The number of anilines is 1. The van der Waals surface area contributed by atoms with Crippen molar-refractivity contribution in [3.05, 3.63) is 71.8 Å². The minimum absolute atomic E-state index is 0.0428. The Morgan fingerprint density at radius 3 is 2.75 bits per heavy atom. The highest BCUT2D eigenvalue weighted by molar-refractivity contribution is 5.90. The Morgan fingerprint density at radius 2 is 1.97 bits per heavy atom. The van der Waals surface area contributed by atoms with Crippen LogP contribution in [0.1, 0.15) is 30.4 Å². The van der Waals surface area contributed by atoms with Crippen molar-refractivity contribution in [2.24, 2.45) is 0 Å². The predicted octanol–water partition coefficient (Wildman–Crippen LogP) is 4.12. The molecule has 1 saturated heterocycles. The Kier molecular flexibility index (Phi) is 8.20. The van der Waals surface area contributed by atoms with E-state index in [1.54, 1.807) is 24.1 Å². The number of likely N-dealkylation sites (tertiary alicyclic amines) is 1. The molecule has 4 rings (SSSR count). The van der Waals surface area contributed by atoms with Crippen molar-refractivity contribution >= 4 is 17.5 Å². The van der Waals surface area contributed by atoms with Crippen molar-refractivity contribution in [1.82, 2.24) is 14.7 Å². The lowest BCUT2D eigenvalue weighted by Crippen LogP contribution is -2.45. The molecule has 1 aromatic heterocycles. The van der Waals surface area contributed by atoms with Crippen LogP contribution >= 0.6 is 0 Å². The number of halogens is 1. The summed E-state index contributed by atoms with van der Waals surface area (Å²) in [4.78, 5) is 26.9. The molecule has 1 aliphatic rings. The van der Waals surface area contributed by atoms with E-state index in [0.717, 1.165) is 18.6 Å². The molecule has 2 aromatic carbocycles. The molecule has 8 nitrogen and oxygen atoms in total. The van der Waals surface area contributed by atoms with Crippen LogP contribution < -0.4 is 14.8 Å². The van der Waals surface area contributed by atoms with Crippen molar-refractivity contribution in [2.45, 2.75) is 45.8 Å². The van der Waals surface area contributed by atoms with Crippen LogP contribution in [0.2, 0.25) is 0 Å². The monoisotopic (exact) mass is 494 g/mol. The lowest BCUT2D eigenvalue weighted by atomic mass is 10.1. The smallest absolute Gasteiger partial charge is 0.244 e. The number of nitrogens with one attached hydrogen (secondary N) is 1. The van der Waals surface area contributed by atoms with E-state index in [4.69, 9.17) is 9.47 Å². The summed E-state index contributed by atoms with van der Waals surface area (Å²) in [6.07, 6.45) is 5.00. The summed E-state index contributed by atoms with van der Waals surface area (Å²) in [5, 5.41) is 6.96. The van der Waals surface area contributed by atoms with Crippen LogP contribution in [0.5, 0.6) is 11.5 Å². The van der Waals surface area contributed by atoms with Gasteiger partial charge >= 0.3 is 0 Å². The van der Waals surface area contributed by atoms with Gasteiger partial charge in [-0.2, -0.15) is 5.10 Å². The summed E-state index contributed by atoms with van der Waals surface area (Å²) in [7, 11) is 0. The number of aromatic nitrogens is 2. The number of carbonyl (C=O) groups is 2. The van der Waals surface area contributed by atoms with E-state index < -0.39 is 0 Å².